The van der Waals surface area contributed by atoms with Gasteiger partial charge in [-0.25, -0.2) is 4.98 Å². The first-order valence-corrected chi connectivity index (χ1v) is 10.3. The molecule has 0 bridgehead atoms. The van der Waals surface area contributed by atoms with Crippen molar-refractivity contribution in [3.8, 4) is 0 Å². The Kier molecular flexibility index (Phi) is 4.19. The zero-order valence-corrected chi connectivity index (χ0v) is 17.6. The number of hydrogen-bond acceptors (Lipinski definition) is 3. The summed E-state index contributed by atoms with van der Waals surface area (Å²) in [7, 11) is 0. The number of halogens is 3. The summed E-state index contributed by atoms with van der Waals surface area (Å²) in [5.41, 5.74) is 3.87. The second-order valence-electron chi connectivity index (χ2n) is 6.09. The fraction of sp³-hybridized carbons (Fsp3) is 0.533. The van der Waals surface area contributed by atoms with Crippen LogP contribution in [0.15, 0.2) is 8.95 Å². The SMILES string of the molecule is C[C@@H]1CN(c2nc3c(I)c(Br)c(Br)c4c3n2CCC4)CCN1. The Morgan fingerprint density at radius 1 is 1.27 bits per heavy atom. The van der Waals surface area contributed by atoms with Gasteiger partial charge in [-0.2, -0.15) is 0 Å². The lowest BCUT2D eigenvalue weighted by Gasteiger charge is -2.33. The number of rotatable bonds is 1. The van der Waals surface area contributed by atoms with E-state index in [0.717, 1.165) is 48.5 Å². The van der Waals surface area contributed by atoms with Crippen LogP contribution in [-0.4, -0.2) is 35.2 Å². The highest BCUT2D eigenvalue weighted by Crippen LogP contribution is 2.42. The van der Waals surface area contributed by atoms with Crippen molar-refractivity contribution in [2.75, 3.05) is 24.5 Å². The molecule has 0 spiro atoms. The molecule has 22 heavy (non-hydrogen) atoms. The van der Waals surface area contributed by atoms with Crippen LogP contribution in [0.4, 0.5) is 5.95 Å². The van der Waals surface area contributed by atoms with Gasteiger partial charge in [-0.15, -0.1) is 0 Å². The molecule has 1 saturated heterocycles. The molecule has 1 aromatic heterocycles. The summed E-state index contributed by atoms with van der Waals surface area (Å²) < 4.78 is 5.98. The summed E-state index contributed by atoms with van der Waals surface area (Å²) in [5.74, 6) is 1.15. The number of aryl methyl sites for hydroxylation is 2. The molecule has 7 heteroatoms. The number of benzene rings is 1. The van der Waals surface area contributed by atoms with E-state index in [2.05, 4.69) is 76.2 Å². The molecule has 4 rings (SSSR count). The van der Waals surface area contributed by atoms with Crippen molar-refractivity contribution in [1.29, 1.82) is 0 Å². The molecule has 4 nitrogen and oxygen atoms in total. The molecule has 118 valence electrons. The van der Waals surface area contributed by atoms with E-state index < -0.39 is 0 Å². The van der Waals surface area contributed by atoms with Crippen LogP contribution in [0, 0.1) is 3.57 Å². The van der Waals surface area contributed by atoms with Crippen LogP contribution in [0.5, 0.6) is 0 Å². The minimum Gasteiger partial charge on any atom is -0.339 e. The normalized spacial score (nSPS) is 21.6. The molecule has 1 atom stereocenters. The third-order valence-electron chi connectivity index (χ3n) is 4.55. The van der Waals surface area contributed by atoms with Crippen LogP contribution in [0.3, 0.4) is 0 Å². The first-order valence-electron chi connectivity index (χ1n) is 7.62. The Hall–Kier alpha value is 0.140. The summed E-state index contributed by atoms with van der Waals surface area (Å²) in [6.07, 6.45) is 2.30. The highest BCUT2D eigenvalue weighted by atomic mass is 127. The van der Waals surface area contributed by atoms with Crippen LogP contribution in [0.25, 0.3) is 11.0 Å². The number of piperazine rings is 1. The Morgan fingerprint density at radius 3 is 2.86 bits per heavy atom. The second kappa shape index (κ2) is 5.89. The van der Waals surface area contributed by atoms with E-state index in [-0.39, 0.29) is 0 Å². The maximum absolute atomic E-state index is 5.05. The smallest absolute Gasteiger partial charge is 0.206 e. The minimum atomic E-state index is 0.516. The average molecular weight is 540 g/mol. The molecule has 1 N–H and O–H groups in total. The van der Waals surface area contributed by atoms with Crippen molar-refractivity contribution < 1.29 is 0 Å². The van der Waals surface area contributed by atoms with E-state index in [1.165, 1.54) is 25.5 Å². The predicted molar refractivity (Wildman–Crippen MR) is 106 cm³/mol. The Labute approximate surface area is 160 Å². The molecule has 2 aliphatic heterocycles. The molecule has 0 amide bonds. The largest absolute Gasteiger partial charge is 0.339 e. The number of nitrogens with zero attached hydrogens (tertiary/aromatic N) is 3. The summed E-state index contributed by atoms with van der Waals surface area (Å²) in [6.45, 7) is 6.40. The Morgan fingerprint density at radius 2 is 2.09 bits per heavy atom. The molecular formula is C15H17Br2IN4. The Bertz CT molecular complexity index is 758. The minimum absolute atomic E-state index is 0.516. The standard InChI is InChI=1S/C15H17Br2IN4/c1-8-7-21(6-4-19-8)15-20-13-12(18)11(17)10(16)9-3-2-5-22(15)14(9)13/h8,19H,2-7H2,1H3/t8-/m1/s1. The molecule has 1 fully saturated rings. The molecule has 3 heterocycles. The van der Waals surface area contributed by atoms with Crippen molar-refractivity contribution in [3.63, 3.8) is 0 Å². The number of hydrogen-bond donors (Lipinski definition) is 1. The van der Waals surface area contributed by atoms with Crippen LogP contribution in [-0.2, 0) is 13.0 Å². The lowest BCUT2D eigenvalue weighted by molar-refractivity contribution is 0.472. The van der Waals surface area contributed by atoms with E-state index in [1.807, 2.05) is 0 Å². The molecule has 2 aliphatic rings. The van der Waals surface area contributed by atoms with E-state index in [9.17, 15) is 0 Å². The Balaban J connectivity index is 1.95. The first kappa shape index (κ1) is 15.7. The summed E-state index contributed by atoms with van der Waals surface area (Å²) >= 11 is 9.91. The van der Waals surface area contributed by atoms with Crippen molar-refractivity contribution >= 4 is 71.4 Å². The monoisotopic (exact) mass is 538 g/mol. The van der Waals surface area contributed by atoms with E-state index in [1.54, 1.807) is 0 Å². The quantitative estimate of drug-likeness (QED) is 0.441. The van der Waals surface area contributed by atoms with Crippen molar-refractivity contribution in [2.45, 2.75) is 32.4 Å². The predicted octanol–water partition coefficient (Wildman–Crippen LogP) is 3.91. The maximum Gasteiger partial charge on any atom is 0.206 e. The molecule has 0 unspecified atom stereocenters. The van der Waals surface area contributed by atoms with Crippen LogP contribution in [0.2, 0.25) is 0 Å². The van der Waals surface area contributed by atoms with Gasteiger partial charge < -0.3 is 14.8 Å². The summed E-state index contributed by atoms with van der Waals surface area (Å²) in [6, 6.07) is 0.516. The van der Waals surface area contributed by atoms with Crippen molar-refractivity contribution in [1.82, 2.24) is 14.9 Å². The number of aromatic nitrogens is 2. The second-order valence-corrected chi connectivity index (χ2v) is 8.75. The van der Waals surface area contributed by atoms with Gasteiger partial charge in [0.2, 0.25) is 5.95 Å². The van der Waals surface area contributed by atoms with Gasteiger partial charge in [0, 0.05) is 41.2 Å². The van der Waals surface area contributed by atoms with Gasteiger partial charge in [-0.05, 0) is 79.8 Å². The van der Waals surface area contributed by atoms with E-state index >= 15 is 0 Å². The molecule has 0 radical (unpaired) electrons. The van der Waals surface area contributed by atoms with Gasteiger partial charge in [0.1, 0.15) is 5.52 Å². The maximum atomic E-state index is 5.05. The zero-order valence-electron chi connectivity index (χ0n) is 12.3. The summed E-state index contributed by atoms with van der Waals surface area (Å²) in [5, 5.41) is 3.51. The zero-order chi connectivity index (χ0) is 15.4. The molecule has 0 aliphatic carbocycles. The van der Waals surface area contributed by atoms with Gasteiger partial charge in [-0.3, -0.25) is 0 Å². The molecule has 0 saturated carbocycles. The van der Waals surface area contributed by atoms with Crippen LogP contribution >= 0.6 is 54.5 Å². The number of anilines is 1. The number of nitrogens with one attached hydrogen (secondary N) is 1. The van der Waals surface area contributed by atoms with Gasteiger partial charge in [0.25, 0.3) is 0 Å². The first-order chi connectivity index (χ1) is 10.6. The fourth-order valence-corrected chi connectivity index (χ4v) is 5.57. The molecule has 1 aromatic carbocycles. The van der Waals surface area contributed by atoms with Crippen molar-refractivity contribution in [2.24, 2.45) is 0 Å². The van der Waals surface area contributed by atoms with Crippen LogP contribution < -0.4 is 10.2 Å². The average Bonchev–Trinajstić information content (AvgIpc) is 2.91. The molecule has 2 aromatic rings. The van der Waals surface area contributed by atoms with Gasteiger partial charge in [0.15, 0.2) is 0 Å². The van der Waals surface area contributed by atoms with E-state index in [0.29, 0.717) is 6.04 Å². The summed E-state index contributed by atoms with van der Waals surface area (Å²) in [4.78, 5) is 7.49. The highest BCUT2D eigenvalue weighted by molar-refractivity contribution is 14.1. The molecular weight excluding hydrogens is 523 g/mol. The van der Waals surface area contributed by atoms with Gasteiger partial charge >= 0.3 is 0 Å². The van der Waals surface area contributed by atoms with Gasteiger partial charge in [-0.1, -0.05) is 0 Å². The van der Waals surface area contributed by atoms with E-state index in [4.69, 9.17) is 4.98 Å². The highest BCUT2D eigenvalue weighted by Gasteiger charge is 2.28. The fourth-order valence-electron chi connectivity index (χ4n) is 3.55. The third-order valence-corrected chi connectivity index (χ3v) is 8.54. The topological polar surface area (TPSA) is 33.1 Å². The van der Waals surface area contributed by atoms with Crippen molar-refractivity contribution in [3.05, 3.63) is 18.1 Å². The lowest BCUT2D eigenvalue weighted by atomic mass is 10.0. The van der Waals surface area contributed by atoms with Crippen LogP contribution in [0.1, 0.15) is 18.9 Å². The third kappa shape index (κ3) is 2.34. The van der Waals surface area contributed by atoms with Gasteiger partial charge in [0.05, 0.1) is 9.09 Å². The lowest BCUT2D eigenvalue weighted by Crippen LogP contribution is -2.50. The number of imidazole rings is 1.